The fraction of sp³-hybridized carbons (Fsp3) is 0.667. The third kappa shape index (κ3) is 6.15. The van der Waals surface area contributed by atoms with Gasteiger partial charge in [0.15, 0.2) is 0 Å². The van der Waals surface area contributed by atoms with Crippen LogP contribution in [0.25, 0.3) is 0 Å². The lowest BCUT2D eigenvalue weighted by molar-refractivity contribution is 0.627. The summed E-state index contributed by atoms with van der Waals surface area (Å²) in [4.78, 5) is 0. The van der Waals surface area contributed by atoms with Crippen molar-refractivity contribution in [3.63, 3.8) is 0 Å². The lowest BCUT2D eigenvalue weighted by atomic mass is 10.2. The highest BCUT2D eigenvalue weighted by molar-refractivity contribution is 9.10. The standard InChI is InChI=1S/C6H10BrF/c1-5(8)4-6(2,3)7/h4H,1-3H3/b5-4+. The third-order valence-electron chi connectivity index (χ3n) is 0.542. The van der Waals surface area contributed by atoms with Crippen LogP contribution in [0.15, 0.2) is 11.9 Å². The molecule has 0 unspecified atom stereocenters. The monoisotopic (exact) mass is 180 g/mol. The van der Waals surface area contributed by atoms with Gasteiger partial charge < -0.3 is 0 Å². The van der Waals surface area contributed by atoms with E-state index in [4.69, 9.17) is 0 Å². The topological polar surface area (TPSA) is 0 Å². The maximum atomic E-state index is 12.0. The van der Waals surface area contributed by atoms with E-state index in [1.165, 1.54) is 13.0 Å². The fourth-order valence-corrected chi connectivity index (χ4v) is 0.788. The van der Waals surface area contributed by atoms with Gasteiger partial charge in [-0.05, 0) is 26.8 Å². The minimum atomic E-state index is -0.203. The van der Waals surface area contributed by atoms with Crippen molar-refractivity contribution in [2.75, 3.05) is 0 Å². The lowest BCUT2D eigenvalue weighted by Gasteiger charge is -2.07. The average Bonchev–Trinajstić information content (AvgIpc) is 1.21. The molecule has 8 heavy (non-hydrogen) atoms. The second-order valence-corrected chi connectivity index (χ2v) is 4.34. The molecule has 0 aromatic rings. The van der Waals surface area contributed by atoms with E-state index in [2.05, 4.69) is 15.9 Å². The highest BCUT2D eigenvalue weighted by Crippen LogP contribution is 2.19. The molecule has 48 valence electrons. The number of rotatable bonds is 1. The molecule has 0 saturated heterocycles. The second kappa shape index (κ2) is 2.62. The highest BCUT2D eigenvalue weighted by atomic mass is 79.9. The third-order valence-corrected chi connectivity index (χ3v) is 0.771. The van der Waals surface area contributed by atoms with Gasteiger partial charge in [-0.15, -0.1) is 0 Å². The smallest absolute Gasteiger partial charge is 0.0942 e. The number of alkyl halides is 1. The van der Waals surface area contributed by atoms with Crippen LogP contribution in [-0.4, -0.2) is 4.32 Å². The van der Waals surface area contributed by atoms with Crippen LogP contribution in [0.2, 0.25) is 0 Å². The largest absolute Gasteiger partial charge is 0.212 e. The molecule has 0 bridgehead atoms. The normalized spacial score (nSPS) is 14.4. The minimum Gasteiger partial charge on any atom is -0.212 e. The Morgan fingerprint density at radius 2 is 2.00 bits per heavy atom. The Balaban J connectivity index is 3.89. The summed E-state index contributed by atoms with van der Waals surface area (Å²) in [6, 6.07) is 0. The molecule has 0 nitrogen and oxygen atoms in total. The van der Waals surface area contributed by atoms with Crippen LogP contribution in [0.5, 0.6) is 0 Å². The summed E-state index contributed by atoms with van der Waals surface area (Å²) in [6.07, 6.45) is 1.52. The maximum absolute atomic E-state index is 12.0. The van der Waals surface area contributed by atoms with Gasteiger partial charge >= 0.3 is 0 Å². The van der Waals surface area contributed by atoms with Crippen molar-refractivity contribution in [2.24, 2.45) is 0 Å². The van der Waals surface area contributed by atoms with Gasteiger partial charge in [0.1, 0.15) is 0 Å². The van der Waals surface area contributed by atoms with E-state index in [9.17, 15) is 4.39 Å². The van der Waals surface area contributed by atoms with Crippen molar-refractivity contribution >= 4 is 15.9 Å². The van der Waals surface area contributed by atoms with Crippen LogP contribution in [0.1, 0.15) is 20.8 Å². The van der Waals surface area contributed by atoms with E-state index in [-0.39, 0.29) is 10.2 Å². The zero-order chi connectivity index (χ0) is 6.78. The molecule has 0 spiro atoms. The molecule has 0 N–H and O–H groups in total. The van der Waals surface area contributed by atoms with Crippen LogP contribution < -0.4 is 0 Å². The van der Waals surface area contributed by atoms with E-state index >= 15 is 0 Å². The first-order valence-corrected chi connectivity index (χ1v) is 3.25. The quantitative estimate of drug-likeness (QED) is 0.545. The maximum Gasteiger partial charge on any atom is 0.0942 e. The Hall–Kier alpha value is 0.150. The Bertz CT molecular complexity index is 95.6. The van der Waals surface area contributed by atoms with Crippen LogP contribution in [-0.2, 0) is 0 Å². The van der Waals surface area contributed by atoms with E-state index in [1.54, 1.807) is 0 Å². The summed E-state index contributed by atoms with van der Waals surface area (Å²) in [5.41, 5.74) is 0. The van der Waals surface area contributed by atoms with E-state index < -0.39 is 0 Å². The van der Waals surface area contributed by atoms with Crippen molar-refractivity contribution in [3.8, 4) is 0 Å². The second-order valence-electron chi connectivity index (χ2n) is 2.30. The molecule has 0 aliphatic carbocycles. The lowest BCUT2D eigenvalue weighted by Crippen LogP contribution is -2.03. The predicted octanol–water partition coefficient (Wildman–Crippen LogP) is 3.03. The molecule has 0 fully saturated rings. The first-order valence-electron chi connectivity index (χ1n) is 2.46. The van der Waals surface area contributed by atoms with Gasteiger partial charge in [-0.3, -0.25) is 0 Å². The van der Waals surface area contributed by atoms with Gasteiger partial charge in [0.2, 0.25) is 0 Å². The summed E-state index contributed by atoms with van der Waals surface area (Å²) in [5.74, 6) is -0.146. The number of hydrogen-bond donors (Lipinski definition) is 0. The molecule has 0 aliphatic rings. The summed E-state index contributed by atoms with van der Waals surface area (Å²) in [6.45, 7) is 5.20. The Morgan fingerprint density at radius 3 is 2.00 bits per heavy atom. The van der Waals surface area contributed by atoms with Crippen LogP contribution >= 0.6 is 15.9 Å². The summed E-state index contributed by atoms with van der Waals surface area (Å²) < 4.78 is 11.8. The minimum absolute atomic E-state index is 0.146. The molecular weight excluding hydrogens is 171 g/mol. The molecule has 0 rings (SSSR count). The van der Waals surface area contributed by atoms with Gasteiger partial charge in [0.05, 0.1) is 5.83 Å². The van der Waals surface area contributed by atoms with Crippen molar-refractivity contribution < 1.29 is 4.39 Å². The van der Waals surface area contributed by atoms with Gasteiger partial charge in [-0.1, -0.05) is 15.9 Å². The zero-order valence-corrected chi connectivity index (χ0v) is 6.92. The first kappa shape index (κ1) is 8.15. The van der Waals surface area contributed by atoms with E-state index in [1.807, 2.05) is 13.8 Å². The first-order chi connectivity index (χ1) is 3.42. The van der Waals surface area contributed by atoms with Gasteiger partial charge in [-0.25, -0.2) is 4.39 Å². The Morgan fingerprint density at radius 1 is 1.62 bits per heavy atom. The Labute approximate surface area is 57.9 Å². The van der Waals surface area contributed by atoms with Crippen molar-refractivity contribution in [1.29, 1.82) is 0 Å². The van der Waals surface area contributed by atoms with Crippen LogP contribution in [0.4, 0.5) is 4.39 Å². The molecule has 0 saturated carbocycles. The van der Waals surface area contributed by atoms with Gasteiger partial charge in [0, 0.05) is 4.32 Å². The molecule has 0 radical (unpaired) electrons. The molecule has 0 atom stereocenters. The number of hydrogen-bond acceptors (Lipinski definition) is 0. The van der Waals surface area contributed by atoms with Gasteiger partial charge in [-0.2, -0.15) is 0 Å². The molecule has 2 heteroatoms. The predicted molar refractivity (Wildman–Crippen MR) is 37.9 cm³/mol. The van der Waals surface area contributed by atoms with Gasteiger partial charge in [0.25, 0.3) is 0 Å². The molecular formula is C6H10BrF. The van der Waals surface area contributed by atoms with Crippen molar-refractivity contribution in [3.05, 3.63) is 11.9 Å². The summed E-state index contributed by atoms with van der Waals surface area (Å²) in [7, 11) is 0. The van der Waals surface area contributed by atoms with Crippen molar-refractivity contribution in [2.45, 2.75) is 25.1 Å². The molecule has 0 aromatic carbocycles. The SMILES string of the molecule is C/C(F)=C\C(C)(C)Br. The molecule has 0 aliphatic heterocycles. The van der Waals surface area contributed by atoms with E-state index in [0.29, 0.717) is 0 Å². The summed E-state index contributed by atoms with van der Waals surface area (Å²) in [5, 5.41) is 0. The zero-order valence-electron chi connectivity index (χ0n) is 5.33. The number of halogens is 2. The molecule has 0 aromatic heterocycles. The molecule has 0 heterocycles. The summed E-state index contributed by atoms with van der Waals surface area (Å²) >= 11 is 3.26. The molecule has 0 amide bonds. The van der Waals surface area contributed by atoms with Crippen LogP contribution in [0.3, 0.4) is 0 Å². The van der Waals surface area contributed by atoms with E-state index in [0.717, 1.165) is 0 Å². The highest BCUT2D eigenvalue weighted by Gasteiger charge is 2.07. The Kier molecular flexibility index (Phi) is 2.67. The van der Waals surface area contributed by atoms with Crippen LogP contribution in [0, 0.1) is 0 Å². The average molecular weight is 181 g/mol. The number of allylic oxidation sites excluding steroid dienone is 2. The fourth-order valence-electron chi connectivity index (χ4n) is 0.473. The van der Waals surface area contributed by atoms with Crippen molar-refractivity contribution in [1.82, 2.24) is 0 Å².